The molecule has 0 spiro atoms. The van der Waals surface area contributed by atoms with Crippen LogP contribution in [0, 0.1) is 20.2 Å². The number of rotatable bonds is 4. The fraction of sp³-hybridized carbons (Fsp3) is 0.391. The van der Waals surface area contributed by atoms with Crippen LogP contribution in [-0.4, -0.2) is 39.5 Å². The molecule has 0 aliphatic rings. The van der Waals surface area contributed by atoms with Crippen LogP contribution >= 0.6 is 0 Å². The minimum absolute atomic E-state index is 0.00661. The first-order valence-electron chi connectivity index (χ1n) is 10.3. The molecule has 36 heavy (non-hydrogen) atoms. The number of nitrogens with zero attached hydrogens (tertiary/aromatic N) is 2. The van der Waals surface area contributed by atoms with Crippen molar-refractivity contribution in [3.63, 3.8) is 0 Å². The van der Waals surface area contributed by atoms with Gasteiger partial charge >= 0.3 is 6.18 Å². The molecule has 0 aromatic heterocycles. The molecule has 0 saturated carbocycles. The van der Waals surface area contributed by atoms with Crippen molar-refractivity contribution in [2.45, 2.75) is 67.0 Å². The van der Waals surface area contributed by atoms with Crippen molar-refractivity contribution in [1.29, 1.82) is 0 Å². The highest BCUT2D eigenvalue weighted by Crippen LogP contribution is 2.37. The Morgan fingerprint density at radius 3 is 1.53 bits per heavy atom. The second-order valence-corrected chi connectivity index (χ2v) is 15.8. The summed E-state index contributed by atoms with van der Waals surface area (Å²) in [5.41, 5.74) is -1.99. The van der Waals surface area contributed by atoms with Crippen LogP contribution in [0.25, 0.3) is 0 Å². The topological polar surface area (TPSA) is 120 Å². The van der Waals surface area contributed by atoms with Crippen LogP contribution in [0.3, 0.4) is 0 Å². The van der Waals surface area contributed by atoms with Crippen molar-refractivity contribution in [1.82, 2.24) is 0 Å². The molecule has 0 heterocycles. The van der Waals surface area contributed by atoms with Crippen molar-refractivity contribution in [3.8, 4) is 0 Å². The van der Waals surface area contributed by atoms with E-state index in [0.717, 1.165) is 6.07 Å². The Kier molecular flexibility index (Phi) is 8.82. The van der Waals surface area contributed by atoms with Crippen molar-refractivity contribution >= 4 is 42.2 Å². The Hall–Kier alpha value is -2.93. The minimum Gasteiger partial charge on any atom is -0.263 e. The Morgan fingerprint density at radius 2 is 1.19 bits per heavy atom. The predicted octanol–water partition coefficient (Wildman–Crippen LogP) is 5.96. The van der Waals surface area contributed by atoms with Gasteiger partial charge in [-0.05, 0) is 77.5 Å². The number of nitro groups is 2. The molecule has 0 aliphatic heterocycles. The summed E-state index contributed by atoms with van der Waals surface area (Å²) in [5, 5.41) is 21.4. The maximum Gasteiger partial charge on any atom is 0.416 e. The van der Waals surface area contributed by atoms with Gasteiger partial charge in [-0.1, -0.05) is 0 Å². The van der Waals surface area contributed by atoms with Gasteiger partial charge < -0.3 is 0 Å². The smallest absolute Gasteiger partial charge is 0.263 e. The van der Waals surface area contributed by atoms with E-state index in [4.69, 9.17) is 0 Å². The third kappa shape index (κ3) is 6.84. The highest BCUT2D eigenvalue weighted by molar-refractivity contribution is 8.02. The average molecular weight is 551 g/mol. The number of halogens is 3. The summed E-state index contributed by atoms with van der Waals surface area (Å²) in [7, 11) is -5.56. The molecule has 0 amide bonds. The first kappa shape index (κ1) is 31.1. The van der Waals surface area contributed by atoms with Crippen LogP contribution < -0.4 is 0 Å². The molecular formula is C23H29F3N2O6S2. The number of benzene rings is 2. The summed E-state index contributed by atoms with van der Waals surface area (Å²) in [6, 6.07) is 7.68. The van der Waals surface area contributed by atoms with Crippen LogP contribution in [0.15, 0.2) is 52.3 Å². The van der Waals surface area contributed by atoms with E-state index in [1.165, 1.54) is 24.3 Å². The maximum absolute atomic E-state index is 12.6. The lowest BCUT2D eigenvalue weighted by molar-refractivity contribution is -0.388. The number of alkyl halides is 3. The van der Waals surface area contributed by atoms with E-state index < -0.39 is 55.8 Å². The molecule has 2 rings (SSSR count). The predicted molar refractivity (Wildman–Crippen MR) is 138 cm³/mol. The third-order valence-corrected chi connectivity index (χ3v) is 11.3. The first-order valence-corrected chi connectivity index (χ1v) is 13.7. The van der Waals surface area contributed by atoms with E-state index in [0.29, 0.717) is 17.0 Å². The molecule has 200 valence electrons. The summed E-state index contributed by atoms with van der Waals surface area (Å²) in [6.07, 6.45) is -4.70. The zero-order chi connectivity index (χ0) is 28.5. The molecule has 0 aliphatic carbocycles. The molecule has 0 saturated heterocycles. The van der Waals surface area contributed by atoms with E-state index in [1.54, 1.807) is 20.8 Å². The molecule has 2 atom stereocenters. The molecule has 2 aromatic carbocycles. The second kappa shape index (κ2) is 10.2. The highest BCUT2D eigenvalue weighted by Gasteiger charge is 2.36. The summed E-state index contributed by atoms with van der Waals surface area (Å²) < 4.78 is 61.4. The molecule has 8 nitrogen and oxygen atoms in total. The van der Waals surface area contributed by atoms with Gasteiger partial charge in [0.25, 0.3) is 11.4 Å². The molecule has 2 aromatic rings. The fourth-order valence-corrected chi connectivity index (χ4v) is 5.29. The molecule has 13 heteroatoms. The first-order chi connectivity index (χ1) is 15.9. The largest absolute Gasteiger partial charge is 0.416 e. The monoisotopic (exact) mass is 550 g/mol. The lowest BCUT2D eigenvalue weighted by Gasteiger charge is -2.24. The van der Waals surface area contributed by atoms with E-state index in [9.17, 15) is 41.8 Å². The Balaban J connectivity index is 0.000000369. The summed E-state index contributed by atoms with van der Waals surface area (Å²) in [5.74, 6) is 7.23. The van der Waals surface area contributed by atoms with Gasteiger partial charge in [-0.25, -0.2) is 0 Å². The van der Waals surface area contributed by atoms with Crippen molar-refractivity contribution in [2.24, 2.45) is 0 Å². The highest BCUT2D eigenvalue weighted by atomic mass is 32.2. The van der Waals surface area contributed by atoms with Crippen LogP contribution in [-0.2, 0) is 25.2 Å². The van der Waals surface area contributed by atoms with Crippen LogP contribution in [0.5, 0.6) is 0 Å². The zero-order valence-corrected chi connectivity index (χ0v) is 22.4. The van der Waals surface area contributed by atoms with E-state index in [-0.39, 0.29) is 10.6 Å². The van der Waals surface area contributed by atoms with Gasteiger partial charge in [-0.2, -0.15) is 13.2 Å². The minimum atomic E-state index is -4.70. The zero-order valence-electron chi connectivity index (χ0n) is 20.7. The normalized spacial score (nSPS) is 15.6. The quantitative estimate of drug-likeness (QED) is 0.263. The van der Waals surface area contributed by atoms with Gasteiger partial charge in [-0.3, -0.25) is 28.6 Å². The third-order valence-electron chi connectivity index (χ3n) is 5.24. The van der Waals surface area contributed by atoms with Gasteiger partial charge in [0.1, 0.15) is 4.90 Å². The molecule has 0 N–H and O–H groups in total. The van der Waals surface area contributed by atoms with Gasteiger partial charge in [0.2, 0.25) is 0 Å². The SMILES string of the molecule is C=S(=O)(c1ccc(C(F)(F)F)cc1[N+](=O)[O-])C(C)(C)C.C=S(=O)(c1ccc([N+](=O)[O-])cc1)C(C)(C)C. The molecular weight excluding hydrogens is 521 g/mol. The Labute approximate surface area is 208 Å². The average Bonchev–Trinajstić information content (AvgIpc) is 2.71. The van der Waals surface area contributed by atoms with Gasteiger partial charge in [-0.15, -0.1) is 0 Å². The molecule has 0 radical (unpaired) electrons. The van der Waals surface area contributed by atoms with Crippen LogP contribution in [0.2, 0.25) is 0 Å². The van der Waals surface area contributed by atoms with Crippen molar-refractivity contribution < 1.29 is 31.4 Å². The summed E-state index contributed by atoms with van der Waals surface area (Å²) >= 11 is 0. The van der Waals surface area contributed by atoms with Crippen LogP contribution in [0.4, 0.5) is 24.5 Å². The number of hydrogen-bond donors (Lipinski definition) is 0. The standard InChI is InChI=1S/C12H14F3NO3S.C11H15NO3S/c1-11(2,3)20(4,19)10-6-5-8(12(13,14)15)7-9(10)16(17)18;1-11(2,3)16(4,15)10-7-5-9(6-8-10)12(13)14/h5-7H,4H2,1-3H3;5-8H,4H2,1-3H3. The lowest BCUT2D eigenvalue weighted by Crippen LogP contribution is -2.28. The van der Waals surface area contributed by atoms with E-state index >= 15 is 0 Å². The summed E-state index contributed by atoms with van der Waals surface area (Å²) in [4.78, 5) is 20.3. The number of non-ortho nitro benzene ring substituents is 1. The van der Waals surface area contributed by atoms with Gasteiger partial charge in [0, 0.05) is 51.6 Å². The van der Waals surface area contributed by atoms with Gasteiger partial charge in [0.05, 0.1) is 15.4 Å². The Morgan fingerprint density at radius 1 is 0.750 bits per heavy atom. The second-order valence-electron chi connectivity index (χ2n) is 9.76. The molecule has 0 bridgehead atoms. The number of hydrogen-bond acceptors (Lipinski definition) is 6. The molecule has 0 fully saturated rings. The summed E-state index contributed by atoms with van der Waals surface area (Å²) in [6.45, 7) is 10.2. The van der Waals surface area contributed by atoms with Crippen molar-refractivity contribution in [2.75, 3.05) is 0 Å². The molecule has 2 unspecified atom stereocenters. The fourth-order valence-electron chi connectivity index (χ4n) is 2.59. The lowest BCUT2D eigenvalue weighted by atomic mass is 10.2. The van der Waals surface area contributed by atoms with E-state index in [1.807, 2.05) is 20.8 Å². The van der Waals surface area contributed by atoms with Crippen LogP contribution in [0.1, 0.15) is 47.1 Å². The van der Waals surface area contributed by atoms with Gasteiger partial charge in [0.15, 0.2) is 0 Å². The Bertz CT molecular complexity index is 1350. The maximum atomic E-state index is 12.6. The number of nitro benzene ring substituents is 2. The van der Waals surface area contributed by atoms with Crippen molar-refractivity contribution in [3.05, 3.63) is 68.3 Å². The van der Waals surface area contributed by atoms with E-state index in [2.05, 4.69) is 11.7 Å².